The number of anilines is 1. The lowest BCUT2D eigenvalue weighted by molar-refractivity contribution is -0.120. The van der Waals surface area contributed by atoms with Crippen LogP contribution >= 0.6 is 0 Å². The van der Waals surface area contributed by atoms with Crippen molar-refractivity contribution in [3.8, 4) is 5.82 Å². The maximum absolute atomic E-state index is 11.9. The smallest absolute Gasteiger partial charge is 0.251 e. The highest BCUT2D eigenvalue weighted by molar-refractivity contribution is 5.96. The molecule has 156 valence electrons. The van der Waals surface area contributed by atoms with Gasteiger partial charge in [0, 0.05) is 24.3 Å². The minimum absolute atomic E-state index is 0.0791. The van der Waals surface area contributed by atoms with Crippen molar-refractivity contribution >= 4 is 17.6 Å². The summed E-state index contributed by atoms with van der Waals surface area (Å²) in [4.78, 5) is 23.8. The number of nitrogens with zero attached hydrogens (tertiary/aromatic N) is 4. The van der Waals surface area contributed by atoms with Crippen LogP contribution in [0.4, 0.5) is 5.82 Å². The van der Waals surface area contributed by atoms with E-state index in [-0.39, 0.29) is 18.4 Å². The largest absolute Gasteiger partial charge is 0.367 e. The molecule has 0 atom stereocenters. The molecular formula is C21H25N7O2. The van der Waals surface area contributed by atoms with Crippen molar-refractivity contribution < 1.29 is 9.59 Å². The lowest BCUT2D eigenvalue weighted by atomic mass is 10.2. The fraction of sp³-hybridized carbons (Fsp3) is 0.286. The third kappa shape index (κ3) is 5.19. The number of carbonyl (C=O) groups is 2. The molecule has 0 aliphatic rings. The molecule has 1 aromatic carbocycles. The van der Waals surface area contributed by atoms with Crippen molar-refractivity contribution in [1.82, 2.24) is 30.6 Å². The molecule has 0 unspecified atom stereocenters. The standard InChI is InChI=1S/C21H25N7O2/c1-14-15(2)27-28(16(14)3)19-10-9-18(25-26-19)22-11-12-23-20(29)13-24-21(30)17-7-5-4-6-8-17/h4-10H,11-13H2,1-3H3,(H,22,25)(H,23,29)(H,24,30). The van der Waals surface area contributed by atoms with Gasteiger partial charge < -0.3 is 16.0 Å². The predicted molar refractivity (Wildman–Crippen MR) is 114 cm³/mol. The van der Waals surface area contributed by atoms with Crippen molar-refractivity contribution in [2.24, 2.45) is 0 Å². The second-order valence-electron chi connectivity index (χ2n) is 6.81. The third-order valence-corrected chi connectivity index (χ3v) is 4.72. The van der Waals surface area contributed by atoms with Gasteiger partial charge in [-0.05, 0) is 50.6 Å². The third-order valence-electron chi connectivity index (χ3n) is 4.72. The zero-order chi connectivity index (χ0) is 21.5. The summed E-state index contributed by atoms with van der Waals surface area (Å²) in [6, 6.07) is 12.4. The molecule has 3 aromatic rings. The van der Waals surface area contributed by atoms with Gasteiger partial charge in [-0.15, -0.1) is 10.2 Å². The Morgan fingerprint density at radius 1 is 0.933 bits per heavy atom. The average molecular weight is 407 g/mol. The van der Waals surface area contributed by atoms with Crippen LogP contribution in [0.15, 0.2) is 42.5 Å². The van der Waals surface area contributed by atoms with Crippen molar-refractivity contribution in [3.05, 3.63) is 65.0 Å². The second kappa shape index (κ2) is 9.64. The number of aryl methyl sites for hydroxylation is 1. The molecule has 0 saturated heterocycles. The monoisotopic (exact) mass is 407 g/mol. The molecule has 3 N–H and O–H groups in total. The van der Waals surface area contributed by atoms with E-state index in [0.717, 1.165) is 17.0 Å². The van der Waals surface area contributed by atoms with E-state index in [2.05, 4.69) is 31.2 Å². The molecule has 0 bridgehead atoms. The van der Waals surface area contributed by atoms with Crippen LogP contribution in [0.5, 0.6) is 0 Å². The Hall–Kier alpha value is -3.75. The molecule has 0 aliphatic carbocycles. The summed E-state index contributed by atoms with van der Waals surface area (Å²) >= 11 is 0. The first kappa shape index (κ1) is 21.0. The van der Waals surface area contributed by atoms with Gasteiger partial charge in [0.15, 0.2) is 5.82 Å². The summed E-state index contributed by atoms with van der Waals surface area (Å²) in [7, 11) is 0. The first-order valence-electron chi connectivity index (χ1n) is 9.66. The van der Waals surface area contributed by atoms with Crippen LogP contribution < -0.4 is 16.0 Å². The Labute approximate surface area is 174 Å². The second-order valence-corrected chi connectivity index (χ2v) is 6.81. The highest BCUT2D eigenvalue weighted by Crippen LogP contribution is 2.15. The Balaban J connectivity index is 1.39. The quantitative estimate of drug-likeness (QED) is 0.488. The maximum atomic E-state index is 11.9. The van der Waals surface area contributed by atoms with Crippen LogP contribution in [0.2, 0.25) is 0 Å². The van der Waals surface area contributed by atoms with E-state index < -0.39 is 0 Å². The molecule has 0 aliphatic heterocycles. The molecule has 0 radical (unpaired) electrons. The van der Waals surface area contributed by atoms with Crippen LogP contribution in [0.3, 0.4) is 0 Å². The van der Waals surface area contributed by atoms with Gasteiger partial charge in [0.2, 0.25) is 5.91 Å². The summed E-state index contributed by atoms with van der Waals surface area (Å²) in [5.74, 6) is 0.708. The molecular weight excluding hydrogens is 382 g/mol. The number of hydrogen-bond donors (Lipinski definition) is 3. The Bertz CT molecular complexity index is 1010. The molecule has 2 aromatic heterocycles. The van der Waals surface area contributed by atoms with Gasteiger partial charge >= 0.3 is 0 Å². The fourth-order valence-corrected chi connectivity index (χ4v) is 2.78. The van der Waals surface area contributed by atoms with E-state index >= 15 is 0 Å². The number of aromatic nitrogens is 4. The van der Waals surface area contributed by atoms with Gasteiger partial charge in [0.25, 0.3) is 5.91 Å². The highest BCUT2D eigenvalue weighted by atomic mass is 16.2. The molecule has 0 saturated carbocycles. The topological polar surface area (TPSA) is 114 Å². The van der Waals surface area contributed by atoms with Crippen molar-refractivity contribution in [3.63, 3.8) is 0 Å². The van der Waals surface area contributed by atoms with Crippen LogP contribution in [-0.4, -0.2) is 51.4 Å². The van der Waals surface area contributed by atoms with E-state index in [1.165, 1.54) is 0 Å². The minimum Gasteiger partial charge on any atom is -0.367 e. The fourth-order valence-electron chi connectivity index (χ4n) is 2.78. The number of rotatable bonds is 8. The summed E-state index contributed by atoms with van der Waals surface area (Å²) < 4.78 is 1.77. The van der Waals surface area contributed by atoms with Gasteiger partial charge in [-0.3, -0.25) is 9.59 Å². The normalized spacial score (nSPS) is 10.5. The number of nitrogens with one attached hydrogen (secondary N) is 3. The van der Waals surface area contributed by atoms with Crippen LogP contribution in [0, 0.1) is 20.8 Å². The lowest BCUT2D eigenvalue weighted by Gasteiger charge is -2.09. The Morgan fingerprint density at radius 3 is 2.33 bits per heavy atom. The van der Waals surface area contributed by atoms with Crippen LogP contribution in [0.25, 0.3) is 5.82 Å². The van der Waals surface area contributed by atoms with Crippen molar-refractivity contribution in [2.75, 3.05) is 25.0 Å². The van der Waals surface area contributed by atoms with Gasteiger partial charge in [-0.1, -0.05) is 18.2 Å². The van der Waals surface area contributed by atoms with Gasteiger partial charge in [-0.25, -0.2) is 4.68 Å². The van der Waals surface area contributed by atoms with Crippen molar-refractivity contribution in [2.45, 2.75) is 20.8 Å². The summed E-state index contributed by atoms with van der Waals surface area (Å²) in [6.07, 6.45) is 0. The van der Waals surface area contributed by atoms with Gasteiger partial charge in [0.05, 0.1) is 12.2 Å². The highest BCUT2D eigenvalue weighted by Gasteiger charge is 2.10. The maximum Gasteiger partial charge on any atom is 0.251 e. The minimum atomic E-state index is -0.281. The van der Waals surface area contributed by atoms with Crippen LogP contribution in [-0.2, 0) is 4.79 Å². The zero-order valence-corrected chi connectivity index (χ0v) is 17.3. The predicted octanol–water partition coefficient (Wildman–Crippen LogP) is 1.55. The molecule has 0 spiro atoms. The first-order chi connectivity index (χ1) is 14.5. The molecule has 30 heavy (non-hydrogen) atoms. The summed E-state index contributed by atoms with van der Waals surface area (Å²) in [5.41, 5.74) is 3.65. The number of benzene rings is 1. The zero-order valence-electron chi connectivity index (χ0n) is 17.3. The van der Waals surface area contributed by atoms with E-state index in [1.54, 1.807) is 28.9 Å². The molecule has 2 amide bonds. The van der Waals surface area contributed by atoms with Crippen molar-refractivity contribution in [1.29, 1.82) is 0 Å². The van der Waals surface area contributed by atoms with Gasteiger partial charge in [-0.2, -0.15) is 5.10 Å². The Morgan fingerprint density at radius 2 is 1.70 bits per heavy atom. The van der Waals surface area contributed by atoms with E-state index in [1.807, 2.05) is 39.0 Å². The van der Waals surface area contributed by atoms with E-state index in [9.17, 15) is 9.59 Å². The molecule has 2 heterocycles. The average Bonchev–Trinajstić information content (AvgIpc) is 3.03. The summed E-state index contributed by atoms with van der Waals surface area (Å²) in [5, 5.41) is 21.2. The lowest BCUT2D eigenvalue weighted by Crippen LogP contribution is -2.38. The molecule has 0 fully saturated rings. The van der Waals surface area contributed by atoms with Gasteiger partial charge in [0.1, 0.15) is 5.82 Å². The molecule has 3 rings (SSSR count). The first-order valence-corrected chi connectivity index (χ1v) is 9.66. The Kier molecular flexibility index (Phi) is 6.74. The summed E-state index contributed by atoms with van der Waals surface area (Å²) in [6.45, 7) is 6.77. The number of carbonyl (C=O) groups excluding carboxylic acids is 2. The van der Waals surface area contributed by atoms with E-state index in [0.29, 0.717) is 30.3 Å². The number of amides is 2. The SMILES string of the molecule is Cc1nn(-c2ccc(NCCNC(=O)CNC(=O)c3ccccc3)nn2)c(C)c1C. The molecule has 9 heteroatoms. The number of hydrogen-bond acceptors (Lipinski definition) is 6. The van der Waals surface area contributed by atoms with Crippen LogP contribution in [0.1, 0.15) is 27.3 Å². The molecule has 9 nitrogen and oxygen atoms in total. The van der Waals surface area contributed by atoms with E-state index in [4.69, 9.17) is 0 Å².